The molecule has 1 heterocycles. The van der Waals surface area contributed by atoms with Gasteiger partial charge in [0.2, 0.25) is 0 Å². The zero-order chi connectivity index (χ0) is 13.3. The second-order valence-corrected chi connectivity index (χ2v) is 4.94. The molecular weight excluding hydrogens is 299 g/mol. The first-order valence-electron chi connectivity index (χ1n) is 5.45. The van der Waals surface area contributed by atoms with E-state index in [9.17, 15) is 9.18 Å². The van der Waals surface area contributed by atoms with Crippen LogP contribution in [0.3, 0.4) is 0 Å². The lowest BCUT2D eigenvalue weighted by molar-refractivity contribution is 0.624. The highest BCUT2D eigenvalue weighted by molar-refractivity contribution is 9.10. The van der Waals surface area contributed by atoms with Crippen LogP contribution in [0, 0.1) is 19.7 Å². The molecule has 3 nitrogen and oxygen atoms in total. The Kier molecular flexibility index (Phi) is 3.61. The summed E-state index contributed by atoms with van der Waals surface area (Å²) in [6, 6.07) is 4.53. The van der Waals surface area contributed by atoms with E-state index < -0.39 is 0 Å². The number of aryl methyl sites for hydroxylation is 2. The highest BCUT2D eigenvalue weighted by Crippen LogP contribution is 2.12. The quantitative estimate of drug-likeness (QED) is 0.855. The van der Waals surface area contributed by atoms with Crippen molar-refractivity contribution in [2.45, 2.75) is 20.4 Å². The van der Waals surface area contributed by atoms with Crippen LogP contribution in [-0.2, 0) is 6.54 Å². The van der Waals surface area contributed by atoms with Crippen molar-refractivity contribution in [3.8, 4) is 0 Å². The van der Waals surface area contributed by atoms with Crippen molar-refractivity contribution in [1.82, 2.24) is 9.55 Å². The van der Waals surface area contributed by atoms with Gasteiger partial charge in [-0.2, -0.15) is 0 Å². The van der Waals surface area contributed by atoms with Crippen LogP contribution >= 0.6 is 15.9 Å². The van der Waals surface area contributed by atoms with E-state index in [1.54, 1.807) is 13.0 Å². The lowest BCUT2D eigenvalue weighted by atomic mass is 10.1. The normalized spacial score (nSPS) is 10.7. The van der Waals surface area contributed by atoms with Gasteiger partial charge in [-0.05, 0) is 53.0 Å². The molecular formula is C13H12BrFN2O. The van der Waals surface area contributed by atoms with E-state index in [2.05, 4.69) is 20.9 Å². The fourth-order valence-electron chi connectivity index (χ4n) is 1.68. The molecule has 0 radical (unpaired) electrons. The van der Waals surface area contributed by atoms with Crippen LogP contribution in [-0.4, -0.2) is 9.55 Å². The number of rotatable bonds is 2. The lowest BCUT2D eigenvalue weighted by Crippen LogP contribution is -2.23. The SMILES string of the molecule is Cc1cc(F)ccc1Cn1cnc(C)c(Br)c1=O. The van der Waals surface area contributed by atoms with Crippen molar-refractivity contribution in [2.75, 3.05) is 0 Å². The molecule has 0 saturated carbocycles. The van der Waals surface area contributed by atoms with Gasteiger partial charge in [0.15, 0.2) is 0 Å². The van der Waals surface area contributed by atoms with E-state index in [1.807, 2.05) is 6.92 Å². The average Bonchev–Trinajstić information content (AvgIpc) is 2.33. The molecule has 0 aliphatic carbocycles. The van der Waals surface area contributed by atoms with Gasteiger partial charge in [0.25, 0.3) is 5.56 Å². The number of hydrogen-bond acceptors (Lipinski definition) is 2. The topological polar surface area (TPSA) is 34.9 Å². The predicted molar refractivity (Wildman–Crippen MR) is 71.2 cm³/mol. The molecule has 0 amide bonds. The van der Waals surface area contributed by atoms with Crippen LogP contribution in [0.15, 0.2) is 33.8 Å². The van der Waals surface area contributed by atoms with Gasteiger partial charge in [0, 0.05) is 0 Å². The van der Waals surface area contributed by atoms with Crippen molar-refractivity contribution in [3.05, 3.63) is 62.0 Å². The Hall–Kier alpha value is -1.49. The van der Waals surface area contributed by atoms with Gasteiger partial charge < -0.3 is 0 Å². The fourth-order valence-corrected chi connectivity index (χ4v) is 2.01. The van der Waals surface area contributed by atoms with Crippen molar-refractivity contribution in [3.63, 3.8) is 0 Å². The molecule has 0 N–H and O–H groups in total. The Morgan fingerprint density at radius 3 is 2.78 bits per heavy atom. The standard InChI is InChI=1S/C13H12BrFN2O/c1-8-5-11(15)4-3-10(8)6-17-7-16-9(2)12(14)13(17)18/h3-5,7H,6H2,1-2H3. The van der Waals surface area contributed by atoms with E-state index in [0.717, 1.165) is 11.1 Å². The molecule has 0 aliphatic rings. The van der Waals surface area contributed by atoms with Crippen LogP contribution < -0.4 is 5.56 Å². The van der Waals surface area contributed by atoms with Gasteiger partial charge in [-0.1, -0.05) is 6.07 Å². The highest BCUT2D eigenvalue weighted by Gasteiger charge is 2.07. The minimum atomic E-state index is -0.271. The van der Waals surface area contributed by atoms with Gasteiger partial charge in [0.05, 0.1) is 18.6 Å². The molecule has 0 saturated heterocycles. The summed E-state index contributed by atoms with van der Waals surface area (Å²) < 4.78 is 15.0. The fraction of sp³-hybridized carbons (Fsp3) is 0.231. The molecule has 0 spiro atoms. The minimum absolute atomic E-state index is 0.133. The summed E-state index contributed by atoms with van der Waals surface area (Å²) in [7, 11) is 0. The largest absolute Gasteiger partial charge is 0.294 e. The molecule has 0 bridgehead atoms. The maximum Gasteiger partial charge on any atom is 0.268 e. The van der Waals surface area contributed by atoms with E-state index in [0.29, 0.717) is 16.7 Å². The first-order chi connectivity index (χ1) is 8.49. The third kappa shape index (κ3) is 2.51. The molecule has 18 heavy (non-hydrogen) atoms. The number of aromatic nitrogens is 2. The van der Waals surface area contributed by atoms with Gasteiger partial charge in [-0.15, -0.1) is 0 Å². The van der Waals surface area contributed by atoms with E-state index >= 15 is 0 Å². The van der Waals surface area contributed by atoms with Gasteiger partial charge in [-0.3, -0.25) is 9.36 Å². The third-order valence-electron chi connectivity index (χ3n) is 2.80. The monoisotopic (exact) mass is 310 g/mol. The molecule has 1 aromatic carbocycles. The number of benzene rings is 1. The molecule has 94 valence electrons. The predicted octanol–water partition coefficient (Wildman–Crippen LogP) is 2.81. The summed E-state index contributed by atoms with van der Waals surface area (Å²) in [5.41, 5.74) is 2.24. The maximum absolute atomic E-state index is 13.0. The Morgan fingerprint density at radius 1 is 1.39 bits per heavy atom. The Bertz CT molecular complexity index is 652. The van der Waals surface area contributed by atoms with Crippen LogP contribution in [0.4, 0.5) is 4.39 Å². The van der Waals surface area contributed by atoms with Crippen molar-refractivity contribution >= 4 is 15.9 Å². The summed E-state index contributed by atoms with van der Waals surface area (Å²) in [4.78, 5) is 16.1. The van der Waals surface area contributed by atoms with Crippen LogP contribution in [0.25, 0.3) is 0 Å². The Labute approximate surface area is 112 Å². The Balaban J connectivity index is 2.41. The summed E-state index contributed by atoms with van der Waals surface area (Å²) >= 11 is 3.22. The van der Waals surface area contributed by atoms with Crippen molar-refractivity contribution in [2.24, 2.45) is 0 Å². The molecule has 0 atom stereocenters. The van der Waals surface area contributed by atoms with Crippen LogP contribution in [0.5, 0.6) is 0 Å². The first-order valence-corrected chi connectivity index (χ1v) is 6.25. The van der Waals surface area contributed by atoms with E-state index in [4.69, 9.17) is 0 Å². The Morgan fingerprint density at radius 2 is 2.11 bits per heavy atom. The molecule has 5 heteroatoms. The summed E-state index contributed by atoms with van der Waals surface area (Å²) in [5.74, 6) is -0.271. The average molecular weight is 311 g/mol. The number of halogens is 2. The van der Waals surface area contributed by atoms with Gasteiger partial charge in [-0.25, -0.2) is 9.37 Å². The summed E-state index contributed by atoms with van der Waals surface area (Å²) in [6.07, 6.45) is 1.51. The van der Waals surface area contributed by atoms with Crippen molar-refractivity contribution < 1.29 is 4.39 Å². The van der Waals surface area contributed by atoms with E-state index in [-0.39, 0.29) is 11.4 Å². The third-order valence-corrected chi connectivity index (χ3v) is 3.72. The zero-order valence-electron chi connectivity index (χ0n) is 10.1. The lowest BCUT2D eigenvalue weighted by Gasteiger charge is -2.09. The molecule has 0 fully saturated rings. The van der Waals surface area contributed by atoms with Crippen molar-refractivity contribution in [1.29, 1.82) is 0 Å². The second-order valence-electron chi connectivity index (χ2n) is 4.15. The van der Waals surface area contributed by atoms with Crippen LogP contribution in [0.1, 0.15) is 16.8 Å². The van der Waals surface area contributed by atoms with Gasteiger partial charge >= 0.3 is 0 Å². The number of hydrogen-bond donors (Lipinski definition) is 0. The van der Waals surface area contributed by atoms with Gasteiger partial charge in [0.1, 0.15) is 10.3 Å². The molecule has 0 unspecified atom stereocenters. The summed E-state index contributed by atoms with van der Waals surface area (Å²) in [5, 5.41) is 0. The van der Waals surface area contributed by atoms with Crippen LogP contribution in [0.2, 0.25) is 0 Å². The molecule has 1 aromatic heterocycles. The maximum atomic E-state index is 13.0. The minimum Gasteiger partial charge on any atom is -0.294 e. The summed E-state index contributed by atoms with van der Waals surface area (Å²) in [6.45, 7) is 3.97. The molecule has 2 aromatic rings. The molecule has 0 aliphatic heterocycles. The number of nitrogens with zero attached hydrogens (tertiary/aromatic N) is 2. The smallest absolute Gasteiger partial charge is 0.268 e. The molecule has 2 rings (SSSR count). The second kappa shape index (κ2) is 5.02. The van der Waals surface area contributed by atoms with E-state index in [1.165, 1.54) is 23.0 Å². The highest BCUT2D eigenvalue weighted by atomic mass is 79.9. The zero-order valence-corrected chi connectivity index (χ0v) is 11.7. The first kappa shape index (κ1) is 13.0.